The number of rotatable bonds is 4. The lowest BCUT2D eigenvalue weighted by Gasteiger charge is -2.18. The molecule has 0 fully saturated rings. The van der Waals surface area contributed by atoms with Crippen molar-refractivity contribution in [2.75, 3.05) is 6.54 Å². The Hall–Kier alpha value is -0.680. The summed E-state index contributed by atoms with van der Waals surface area (Å²) in [7, 11) is 0. The van der Waals surface area contributed by atoms with Crippen molar-refractivity contribution in [2.24, 2.45) is 0 Å². The Kier molecular flexibility index (Phi) is 4.03. The van der Waals surface area contributed by atoms with Gasteiger partial charge in [-0.1, -0.05) is 25.1 Å². The number of benzene rings is 1. The lowest BCUT2D eigenvalue weighted by Crippen LogP contribution is -2.21. The Morgan fingerprint density at radius 1 is 1.16 bits per heavy atom. The number of fused-ring (bicyclic) bond motifs is 1. The average Bonchev–Trinajstić information content (AvgIpc) is 3.04. The zero-order valence-electron chi connectivity index (χ0n) is 10.5. The first kappa shape index (κ1) is 13.3. The van der Waals surface area contributed by atoms with Crippen molar-refractivity contribution in [3.05, 3.63) is 56.0 Å². The van der Waals surface area contributed by atoms with Gasteiger partial charge in [0, 0.05) is 14.0 Å². The molecule has 2 aromatic heterocycles. The fourth-order valence-electron chi connectivity index (χ4n) is 2.30. The van der Waals surface area contributed by atoms with Crippen LogP contribution in [0.15, 0.2) is 45.6 Å². The molecule has 98 valence electrons. The molecule has 3 aromatic rings. The van der Waals surface area contributed by atoms with Gasteiger partial charge in [0.15, 0.2) is 0 Å². The summed E-state index contributed by atoms with van der Waals surface area (Å²) in [6, 6.07) is 11.1. The van der Waals surface area contributed by atoms with E-state index in [0.29, 0.717) is 0 Å². The van der Waals surface area contributed by atoms with Gasteiger partial charge < -0.3 is 5.32 Å². The summed E-state index contributed by atoms with van der Waals surface area (Å²) in [6.07, 6.45) is 0. The molecule has 1 atom stereocenters. The second-order valence-electron chi connectivity index (χ2n) is 4.31. The topological polar surface area (TPSA) is 12.0 Å². The summed E-state index contributed by atoms with van der Waals surface area (Å²) in [5, 5.41) is 9.25. The maximum absolute atomic E-state index is 3.66. The molecule has 0 radical (unpaired) electrons. The van der Waals surface area contributed by atoms with Crippen molar-refractivity contribution in [2.45, 2.75) is 13.0 Å². The van der Waals surface area contributed by atoms with Crippen LogP contribution in [-0.2, 0) is 0 Å². The minimum absolute atomic E-state index is 0.265. The Morgan fingerprint density at radius 3 is 2.74 bits per heavy atom. The molecule has 0 amide bonds. The molecule has 0 saturated heterocycles. The van der Waals surface area contributed by atoms with E-state index < -0.39 is 0 Å². The van der Waals surface area contributed by atoms with Crippen LogP contribution in [0, 0.1) is 0 Å². The molecule has 1 N–H and O–H groups in total. The van der Waals surface area contributed by atoms with Crippen molar-refractivity contribution in [1.29, 1.82) is 0 Å². The van der Waals surface area contributed by atoms with E-state index in [-0.39, 0.29) is 6.04 Å². The van der Waals surface area contributed by atoms with Crippen molar-refractivity contribution in [1.82, 2.24) is 5.32 Å². The zero-order valence-corrected chi connectivity index (χ0v) is 13.7. The summed E-state index contributed by atoms with van der Waals surface area (Å²) in [5.74, 6) is 0. The third-order valence-electron chi connectivity index (χ3n) is 3.14. The highest BCUT2D eigenvalue weighted by molar-refractivity contribution is 9.10. The Balaban J connectivity index is 2.15. The van der Waals surface area contributed by atoms with Crippen LogP contribution >= 0.6 is 38.6 Å². The number of hydrogen-bond acceptors (Lipinski definition) is 3. The molecule has 0 spiro atoms. The third kappa shape index (κ3) is 2.50. The second kappa shape index (κ2) is 5.75. The van der Waals surface area contributed by atoms with E-state index in [0.717, 1.165) is 6.54 Å². The first-order chi connectivity index (χ1) is 9.31. The largest absolute Gasteiger partial charge is 0.306 e. The molecule has 1 nitrogen and oxygen atoms in total. The molecular formula is C15H14BrNS2. The van der Waals surface area contributed by atoms with Crippen molar-refractivity contribution in [3.8, 4) is 0 Å². The van der Waals surface area contributed by atoms with Gasteiger partial charge in [-0.25, -0.2) is 0 Å². The molecule has 1 aromatic carbocycles. The zero-order chi connectivity index (χ0) is 13.2. The molecule has 0 aliphatic heterocycles. The van der Waals surface area contributed by atoms with E-state index in [2.05, 4.69) is 69.3 Å². The molecule has 0 aliphatic carbocycles. The Labute approximate surface area is 129 Å². The van der Waals surface area contributed by atoms with Crippen LogP contribution in [0.25, 0.3) is 10.1 Å². The van der Waals surface area contributed by atoms with Crippen molar-refractivity contribution < 1.29 is 0 Å². The molecule has 2 heterocycles. The fourth-order valence-corrected chi connectivity index (χ4v) is 4.94. The molecule has 0 aliphatic rings. The smallest absolute Gasteiger partial charge is 0.0696 e. The summed E-state index contributed by atoms with van der Waals surface area (Å²) in [5.41, 5.74) is 1.37. The van der Waals surface area contributed by atoms with Crippen LogP contribution in [0.1, 0.15) is 23.4 Å². The SMILES string of the molecule is CCNC(c1sccc1Br)c1cccc2ccsc12. The number of nitrogens with one attached hydrogen (secondary N) is 1. The van der Waals surface area contributed by atoms with Crippen LogP contribution in [0.2, 0.25) is 0 Å². The minimum Gasteiger partial charge on any atom is -0.306 e. The van der Waals surface area contributed by atoms with E-state index in [1.165, 1.54) is 25.0 Å². The molecule has 1 unspecified atom stereocenters. The Bertz CT molecular complexity index is 686. The van der Waals surface area contributed by atoms with Crippen LogP contribution < -0.4 is 5.32 Å². The summed E-state index contributed by atoms with van der Waals surface area (Å²) >= 11 is 7.28. The summed E-state index contributed by atoms with van der Waals surface area (Å²) in [4.78, 5) is 1.35. The lowest BCUT2D eigenvalue weighted by atomic mass is 10.0. The highest BCUT2D eigenvalue weighted by Crippen LogP contribution is 2.37. The standard InChI is InChI=1S/C15H14BrNS2/c1-2-17-13(15-12(16)7-9-19-15)11-5-3-4-10-6-8-18-14(10)11/h3-9,13,17H,2H2,1H3. The van der Waals surface area contributed by atoms with E-state index in [1.807, 2.05) is 11.3 Å². The fraction of sp³-hybridized carbons (Fsp3) is 0.200. The quantitative estimate of drug-likeness (QED) is 0.661. The molecule has 19 heavy (non-hydrogen) atoms. The van der Waals surface area contributed by atoms with Gasteiger partial charge >= 0.3 is 0 Å². The maximum Gasteiger partial charge on any atom is 0.0696 e. The van der Waals surface area contributed by atoms with Gasteiger partial charge in [-0.3, -0.25) is 0 Å². The van der Waals surface area contributed by atoms with Crippen molar-refractivity contribution >= 4 is 48.7 Å². The average molecular weight is 352 g/mol. The number of thiophene rings is 2. The van der Waals surface area contributed by atoms with Crippen LogP contribution in [-0.4, -0.2) is 6.54 Å². The van der Waals surface area contributed by atoms with Crippen molar-refractivity contribution in [3.63, 3.8) is 0 Å². The molecular weight excluding hydrogens is 338 g/mol. The summed E-state index contributed by atoms with van der Waals surface area (Å²) < 4.78 is 2.57. The van der Waals surface area contributed by atoms with E-state index >= 15 is 0 Å². The Morgan fingerprint density at radius 2 is 2.00 bits per heavy atom. The van der Waals surface area contributed by atoms with Gasteiger partial charge in [0.1, 0.15) is 0 Å². The maximum atomic E-state index is 3.66. The minimum atomic E-state index is 0.265. The molecule has 0 saturated carbocycles. The van der Waals surface area contributed by atoms with E-state index in [1.54, 1.807) is 11.3 Å². The highest BCUT2D eigenvalue weighted by atomic mass is 79.9. The first-order valence-corrected chi connectivity index (χ1v) is 8.79. The van der Waals surface area contributed by atoms with Gasteiger partial charge in [-0.05, 0) is 56.3 Å². The first-order valence-electron chi connectivity index (χ1n) is 6.23. The second-order valence-corrected chi connectivity index (χ2v) is 7.03. The predicted octanol–water partition coefficient (Wildman–Crippen LogP) is 5.42. The molecule has 0 bridgehead atoms. The van der Waals surface area contributed by atoms with Gasteiger partial charge in [0.05, 0.1) is 6.04 Å². The van der Waals surface area contributed by atoms with Gasteiger partial charge in [0.2, 0.25) is 0 Å². The summed E-state index contributed by atoms with van der Waals surface area (Å²) in [6.45, 7) is 3.11. The van der Waals surface area contributed by atoms with Gasteiger partial charge in [-0.15, -0.1) is 22.7 Å². The third-order valence-corrected chi connectivity index (χ3v) is 6.05. The van der Waals surface area contributed by atoms with Crippen LogP contribution in [0.4, 0.5) is 0 Å². The normalized spacial score (nSPS) is 12.9. The van der Waals surface area contributed by atoms with Gasteiger partial charge in [0.25, 0.3) is 0 Å². The monoisotopic (exact) mass is 351 g/mol. The van der Waals surface area contributed by atoms with Crippen LogP contribution in [0.5, 0.6) is 0 Å². The number of hydrogen-bond donors (Lipinski definition) is 1. The highest BCUT2D eigenvalue weighted by Gasteiger charge is 2.19. The van der Waals surface area contributed by atoms with Crippen LogP contribution in [0.3, 0.4) is 0 Å². The molecule has 4 heteroatoms. The number of halogens is 1. The molecule has 3 rings (SSSR count). The van der Waals surface area contributed by atoms with Gasteiger partial charge in [-0.2, -0.15) is 0 Å². The lowest BCUT2D eigenvalue weighted by molar-refractivity contribution is 0.642. The predicted molar refractivity (Wildman–Crippen MR) is 89.4 cm³/mol. The van der Waals surface area contributed by atoms with E-state index in [9.17, 15) is 0 Å². The van der Waals surface area contributed by atoms with E-state index in [4.69, 9.17) is 0 Å².